The molecular weight excluding hydrogens is 206 g/mol. The first-order chi connectivity index (χ1) is 7.36. The number of halogens is 1. The second kappa shape index (κ2) is 4.76. The topological polar surface area (TPSA) is 12.4 Å². The summed E-state index contributed by atoms with van der Waals surface area (Å²) in [5, 5.41) is 0.671. The lowest BCUT2D eigenvalue weighted by molar-refractivity contribution is 1.52. The van der Waals surface area contributed by atoms with E-state index in [-0.39, 0.29) is 0 Å². The second-order valence-corrected chi connectivity index (χ2v) is 3.53. The molecule has 0 amide bonds. The van der Waals surface area contributed by atoms with E-state index in [2.05, 4.69) is 4.99 Å². The van der Waals surface area contributed by atoms with Crippen molar-refractivity contribution in [2.75, 3.05) is 0 Å². The van der Waals surface area contributed by atoms with Crippen molar-refractivity contribution in [1.82, 2.24) is 0 Å². The van der Waals surface area contributed by atoms with E-state index in [0.29, 0.717) is 5.02 Å². The van der Waals surface area contributed by atoms with Gasteiger partial charge in [0.2, 0.25) is 0 Å². The smallest absolute Gasteiger partial charge is 0.0816 e. The molecule has 2 aromatic rings. The molecule has 2 aromatic carbocycles. The first-order valence-corrected chi connectivity index (χ1v) is 5.08. The molecule has 74 valence electrons. The molecule has 0 unspecified atom stereocenters. The Balaban J connectivity index is 2.23. The van der Waals surface area contributed by atoms with Crippen LogP contribution in [0, 0.1) is 0 Å². The predicted octanol–water partition coefficient (Wildman–Crippen LogP) is 4.09. The van der Waals surface area contributed by atoms with Gasteiger partial charge in [-0.1, -0.05) is 54.1 Å². The summed E-state index contributed by atoms with van der Waals surface area (Å²) < 4.78 is 0. The van der Waals surface area contributed by atoms with Crippen LogP contribution in [0.5, 0.6) is 0 Å². The van der Waals surface area contributed by atoms with E-state index < -0.39 is 0 Å². The molecule has 2 rings (SSSR count). The molecule has 0 heterocycles. The Hall–Kier alpha value is -1.60. The summed E-state index contributed by atoms with van der Waals surface area (Å²) in [6.45, 7) is 0. The third-order valence-electron chi connectivity index (χ3n) is 2.00. The molecule has 1 nitrogen and oxygen atoms in total. The Morgan fingerprint density at radius 1 is 0.867 bits per heavy atom. The van der Waals surface area contributed by atoms with Gasteiger partial charge in [0.15, 0.2) is 0 Å². The largest absolute Gasteiger partial charge is 0.255 e. The highest BCUT2D eigenvalue weighted by Crippen LogP contribution is 2.23. The lowest BCUT2D eigenvalue weighted by atomic mass is 10.2. The Morgan fingerprint density at radius 3 is 2.27 bits per heavy atom. The predicted molar refractivity (Wildman–Crippen MR) is 65.1 cm³/mol. The molecule has 0 aliphatic carbocycles. The first kappa shape index (κ1) is 9.94. The van der Waals surface area contributed by atoms with Crippen molar-refractivity contribution in [2.24, 2.45) is 4.99 Å². The van der Waals surface area contributed by atoms with Crippen LogP contribution >= 0.6 is 11.6 Å². The van der Waals surface area contributed by atoms with E-state index in [0.717, 1.165) is 11.3 Å². The summed E-state index contributed by atoms with van der Waals surface area (Å²) in [6.07, 6.45) is 1.81. The summed E-state index contributed by atoms with van der Waals surface area (Å²) in [7, 11) is 0. The Kier molecular flexibility index (Phi) is 3.15. The summed E-state index contributed by atoms with van der Waals surface area (Å²) in [6, 6.07) is 17.5. The van der Waals surface area contributed by atoms with Crippen molar-refractivity contribution in [3.05, 3.63) is 65.2 Å². The zero-order chi connectivity index (χ0) is 10.5. The molecule has 0 aliphatic rings. The van der Waals surface area contributed by atoms with Crippen molar-refractivity contribution in [1.29, 1.82) is 0 Å². The number of benzene rings is 2. The minimum atomic E-state index is 0.671. The van der Waals surface area contributed by atoms with Crippen LogP contribution in [0.2, 0.25) is 5.02 Å². The number of nitrogens with zero attached hydrogens (tertiary/aromatic N) is 1. The fraction of sp³-hybridized carbons (Fsp3) is 0. The standard InChI is InChI=1S/C13H10ClN/c14-12-8-4-5-9-13(12)15-10-11-6-2-1-3-7-11/h1-10H. The van der Waals surface area contributed by atoms with Gasteiger partial charge in [-0.05, 0) is 17.7 Å². The van der Waals surface area contributed by atoms with Crippen LogP contribution in [0.3, 0.4) is 0 Å². The van der Waals surface area contributed by atoms with Crippen LogP contribution in [0.4, 0.5) is 5.69 Å². The maximum Gasteiger partial charge on any atom is 0.0816 e. The van der Waals surface area contributed by atoms with Crippen molar-refractivity contribution < 1.29 is 0 Å². The average molecular weight is 216 g/mol. The molecule has 0 aromatic heterocycles. The van der Waals surface area contributed by atoms with Crippen molar-refractivity contribution in [3.8, 4) is 0 Å². The van der Waals surface area contributed by atoms with Crippen LogP contribution in [-0.4, -0.2) is 6.21 Å². The quantitative estimate of drug-likeness (QED) is 0.669. The van der Waals surface area contributed by atoms with Crippen LogP contribution in [0.25, 0.3) is 0 Å². The van der Waals surface area contributed by atoms with Crippen LogP contribution in [0.1, 0.15) is 5.56 Å². The van der Waals surface area contributed by atoms with Gasteiger partial charge < -0.3 is 0 Å². The molecule has 0 fully saturated rings. The molecule has 2 heteroatoms. The van der Waals surface area contributed by atoms with E-state index in [1.807, 2.05) is 54.6 Å². The van der Waals surface area contributed by atoms with Crippen LogP contribution < -0.4 is 0 Å². The molecule has 0 saturated carbocycles. The van der Waals surface area contributed by atoms with Crippen LogP contribution in [-0.2, 0) is 0 Å². The van der Waals surface area contributed by atoms with Crippen molar-refractivity contribution in [3.63, 3.8) is 0 Å². The van der Waals surface area contributed by atoms with Crippen molar-refractivity contribution in [2.45, 2.75) is 0 Å². The molecule has 0 bridgehead atoms. The van der Waals surface area contributed by atoms with Gasteiger partial charge in [0, 0.05) is 6.21 Å². The maximum absolute atomic E-state index is 5.98. The summed E-state index contributed by atoms with van der Waals surface area (Å²) >= 11 is 5.98. The molecule has 0 saturated heterocycles. The fourth-order valence-electron chi connectivity index (χ4n) is 1.24. The van der Waals surface area contributed by atoms with Crippen LogP contribution in [0.15, 0.2) is 59.6 Å². The van der Waals surface area contributed by atoms with Gasteiger partial charge in [0.05, 0.1) is 10.7 Å². The lowest BCUT2D eigenvalue weighted by Crippen LogP contribution is -1.78. The number of rotatable bonds is 2. The molecule has 15 heavy (non-hydrogen) atoms. The monoisotopic (exact) mass is 215 g/mol. The van der Waals surface area contributed by atoms with E-state index in [1.165, 1.54) is 0 Å². The molecule has 0 spiro atoms. The summed E-state index contributed by atoms with van der Waals surface area (Å²) in [4.78, 5) is 4.32. The van der Waals surface area contributed by atoms with Crippen molar-refractivity contribution >= 4 is 23.5 Å². The molecular formula is C13H10ClN. The van der Waals surface area contributed by atoms with Gasteiger partial charge in [-0.3, -0.25) is 4.99 Å². The number of hydrogen-bond acceptors (Lipinski definition) is 1. The van der Waals surface area contributed by atoms with E-state index in [4.69, 9.17) is 11.6 Å². The summed E-state index contributed by atoms with van der Waals surface area (Å²) in [5.41, 5.74) is 1.86. The first-order valence-electron chi connectivity index (χ1n) is 4.70. The number of para-hydroxylation sites is 1. The maximum atomic E-state index is 5.98. The summed E-state index contributed by atoms with van der Waals surface area (Å²) in [5.74, 6) is 0. The highest BCUT2D eigenvalue weighted by molar-refractivity contribution is 6.33. The zero-order valence-electron chi connectivity index (χ0n) is 8.10. The van der Waals surface area contributed by atoms with E-state index >= 15 is 0 Å². The highest BCUT2D eigenvalue weighted by atomic mass is 35.5. The highest BCUT2D eigenvalue weighted by Gasteiger charge is 1.93. The Bertz CT molecular complexity index is 463. The molecule has 0 radical (unpaired) electrons. The Morgan fingerprint density at radius 2 is 1.53 bits per heavy atom. The number of aliphatic imine (C=N–C) groups is 1. The Labute approximate surface area is 94.1 Å². The zero-order valence-corrected chi connectivity index (χ0v) is 8.85. The fourth-order valence-corrected chi connectivity index (χ4v) is 1.42. The SMILES string of the molecule is Clc1ccccc1N=Cc1ccccc1. The van der Waals surface area contributed by atoms with E-state index in [1.54, 1.807) is 6.21 Å². The van der Waals surface area contributed by atoms with Gasteiger partial charge in [0.1, 0.15) is 0 Å². The normalized spacial score (nSPS) is 10.7. The lowest BCUT2D eigenvalue weighted by Gasteiger charge is -1.96. The minimum absolute atomic E-state index is 0.671. The van der Waals surface area contributed by atoms with Gasteiger partial charge in [-0.25, -0.2) is 0 Å². The van der Waals surface area contributed by atoms with Gasteiger partial charge in [-0.15, -0.1) is 0 Å². The minimum Gasteiger partial charge on any atom is -0.255 e. The molecule has 0 aliphatic heterocycles. The molecule has 0 atom stereocenters. The van der Waals surface area contributed by atoms with Gasteiger partial charge >= 0.3 is 0 Å². The molecule has 0 N–H and O–H groups in total. The van der Waals surface area contributed by atoms with Gasteiger partial charge in [-0.2, -0.15) is 0 Å². The average Bonchev–Trinajstić information content (AvgIpc) is 2.29. The second-order valence-electron chi connectivity index (χ2n) is 3.12. The number of hydrogen-bond donors (Lipinski definition) is 0. The third-order valence-corrected chi connectivity index (χ3v) is 2.32. The van der Waals surface area contributed by atoms with Gasteiger partial charge in [0.25, 0.3) is 0 Å². The third kappa shape index (κ3) is 2.67. The van der Waals surface area contributed by atoms with E-state index in [9.17, 15) is 0 Å².